The molecule has 0 heterocycles. The van der Waals surface area contributed by atoms with Gasteiger partial charge in [-0.15, -0.1) is 0 Å². The van der Waals surface area contributed by atoms with Crippen LogP contribution < -0.4 is 5.32 Å². The summed E-state index contributed by atoms with van der Waals surface area (Å²) < 4.78 is 10.3. The lowest BCUT2D eigenvalue weighted by Crippen LogP contribution is -2.24. The molecule has 1 unspecified atom stereocenters. The van der Waals surface area contributed by atoms with Gasteiger partial charge in [-0.2, -0.15) is 0 Å². The van der Waals surface area contributed by atoms with E-state index in [0.717, 1.165) is 13.2 Å². The second kappa shape index (κ2) is 8.25. The molecular weight excluding hydrogens is 226 g/mol. The summed E-state index contributed by atoms with van der Waals surface area (Å²) in [7, 11) is 1.68. The minimum absolute atomic E-state index is 0.356. The van der Waals surface area contributed by atoms with Crippen LogP contribution >= 0.6 is 0 Å². The van der Waals surface area contributed by atoms with E-state index in [0.29, 0.717) is 19.3 Å². The van der Waals surface area contributed by atoms with Gasteiger partial charge in [-0.3, -0.25) is 0 Å². The van der Waals surface area contributed by atoms with E-state index >= 15 is 0 Å². The maximum atomic E-state index is 5.42. The van der Waals surface area contributed by atoms with E-state index in [2.05, 4.69) is 44.3 Å². The highest BCUT2D eigenvalue weighted by Crippen LogP contribution is 2.16. The smallest absolute Gasteiger partial charge is 0.0700 e. The molecule has 0 spiro atoms. The quantitative estimate of drug-likeness (QED) is 0.720. The van der Waals surface area contributed by atoms with Gasteiger partial charge < -0.3 is 14.8 Å². The summed E-state index contributed by atoms with van der Waals surface area (Å²) in [6.07, 6.45) is 0. The number of benzene rings is 1. The standard InChI is InChI=1S/C15H25NO2/c1-12-9-13(2)11-15(10-12)14(3)16-5-6-18-8-7-17-4/h9-11,14,16H,5-8H2,1-4H3. The highest BCUT2D eigenvalue weighted by molar-refractivity contribution is 5.30. The molecule has 0 aliphatic carbocycles. The van der Waals surface area contributed by atoms with Gasteiger partial charge in [0.15, 0.2) is 0 Å². The van der Waals surface area contributed by atoms with E-state index in [1.54, 1.807) is 7.11 Å². The van der Waals surface area contributed by atoms with Crippen LogP contribution in [0, 0.1) is 13.8 Å². The SMILES string of the molecule is COCCOCCNC(C)c1cc(C)cc(C)c1. The van der Waals surface area contributed by atoms with Crippen LogP contribution in [0.25, 0.3) is 0 Å². The normalized spacial score (nSPS) is 12.7. The summed E-state index contributed by atoms with van der Waals surface area (Å²) in [4.78, 5) is 0. The third-order valence-corrected chi connectivity index (χ3v) is 2.87. The van der Waals surface area contributed by atoms with Gasteiger partial charge in [0, 0.05) is 19.7 Å². The lowest BCUT2D eigenvalue weighted by molar-refractivity contribution is 0.0712. The Kier molecular flexibility index (Phi) is 6.94. The van der Waals surface area contributed by atoms with Crippen LogP contribution in [-0.2, 0) is 9.47 Å². The van der Waals surface area contributed by atoms with Crippen molar-refractivity contribution < 1.29 is 9.47 Å². The summed E-state index contributed by atoms with van der Waals surface area (Å²) in [6, 6.07) is 7.02. The monoisotopic (exact) mass is 251 g/mol. The highest BCUT2D eigenvalue weighted by atomic mass is 16.5. The lowest BCUT2D eigenvalue weighted by atomic mass is 10.0. The second-order valence-electron chi connectivity index (χ2n) is 4.70. The fourth-order valence-electron chi connectivity index (χ4n) is 1.97. The van der Waals surface area contributed by atoms with Crippen LogP contribution in [0.4, 0.5) is 0 Å². The maximum Gasteiger partial charge on any atom is 0.0700 e. The molecule has 3 heteroatoms. The van der Waals surface area contributed by atoms with E-state index in [1.807, 2.05) is 0 Å². The molecule has 1 aromatic carbocycles. The summed E-state index contributed by atoms with van der Waals surface area (Å²) in [6.45, 7) is 9.36. The van der Waals surface area contributed by atoms with Crippen LogP contribution in [0.2, 0.25) is 0 Å². The molecule has 1 aromatic rings. The minimum atomic E-state index is 0.356. The summed E-state index contributed by atoms with van der Waals surface area (Å²) in [5.74, 6) is 0. The molecule has 102 valence electrons. The zero-order valence-corrected chi connectivity index (χ0v) is 12.0. The van der Waals surface area contributed by atoms with Crippen LogP contribution in [0.1, 0.15) is 29.7 Å². The van der Waals surface area contributed by atoms with Gasteiger partial charge in [-0.05, 0) is 26.3 Å². The van der Waals surface area contributed by atoms with Crippen molar-refractivity contribution in [3.63, 3.8) is 0 Å². The number of hydrogen-bond donors (Lipinski definition) is 1. The van der Waals surface area contributed by atoms with E-state index < -0.39 is 0 Å². The fourth-order valence-corrected chi connectivity index (χ4v) is 1.97. The number of ether oxygens (including phenoxy) is 2. The molecule has 18 heavy (non-hydrogen) atoms. The molecule has 3 nitrogen and oxygen atoms in total. The van der Waals surface area contributed by atoms with Gasteiger partial charge in [0.2, 0.25) is 0 Å². The lowest BCUT2D eigenvalue weighted by Gasteiger charge is -2.15. The molecule has 0 aromatic heterocycles. The minimum Gasteiger partial charge on any atom is -0.382 e. The first kappa shape index (κ1) is 15.2. The first-order chi connectivity index (χ1) is 8.63. The van der Waals surface area contributed by atoms with Crippen molar-refractivity contribution in [1.82, 2.24) is 5.32 Å². The number of methoxy groups -OCH3 is 1. The summed E-state index contributed by atoms with van der Waals surface area (Å²) in [5.41, 5.74) is 3.97. The zero-order chi connectivity index (χ0) is 13.4. The average Bonchev–Trinajstić information content (AvgIpc) is 2.32. The molecule has 0 radical (unpaired) electrons. The van der Waals surface area contributed by atoms with Crippen molar-refractivity contribution in [1.29, 1.82) is 0 Å². The number of rotatable bonds is 8. The van der Waals surface area contributed by atoms with Crippen LogP contribution in [0.3, 0.4) is 0 Å². The van der Waals surface area contributed by atoms with Crippen LogP contribution in [-0.4, -0.2) is 33.5 Å². The van der Waals surface area contributed by atoms with E-state index in [1.165, 1.54) is 16.7 Å². The van der Waals surface area contributed by atoms with Crippen molar-refractivity contribution in [2.75, 3.05) is 33.5 Å². The molecule has 1 N–H and O–H groups in total. The molecule has 0 bridgehead atoms. The molecule has 0 fully saturated rings. The van der Waals surface area contributed by atoms with Crippen LogP contribution in [0.15, 0.2) is 18.2 Å². The van der Waals surface area contributed by atoms with Gasteiger partial charge in [-0.1, -0.05) is 29.3 Å². The Morgan fingerprint density at radius 2 is 1.72 bits per heavy atom. The summed E-state index contributed by atoms with van der Waals surface area (Å²) >= 11 is 0. The van der Waals surface area contributed by atoms with Crippen molar-refractivity contribution in [2.24, 2.45) is 0 Å². The van der Waals surface area contributed by atoms with E-state index in [-0.39, 0.29) is 0 Å². The third-order valence-electron chi connectivity index (χ3n) is 2.87. The molecule has 0 aliphatic rings. The Bertz CT molecular complexity index is 332. The molecule has 0 saturated heterocycles. The Morgan fingerprint density at radius 1 is 1.06 bits per heavy atom. The van der Waals surface area contributed by atoms with Crippen molar-refractivity contribution in [3.8, 4) is 0 Å². The predicted octanol–water partition coefficient (Wildman–Crippen LogP) is 2.62. The maximum absolute atomic E-state index is 5.42. The van der Waals surface area contributed by atoms with Gasteiger partial charge in [0.25, 0.3) is 0 Å². The van der Waals surface area contributed by atoms with Crippen molar-refractivity contribution in [2.45, 2.75) is 26.8 Å². The molecule has 1 atom stereocenters. The molecule has 0 amide bonds. The van der Waals surface area contributed by atoms with Gasteiger partial charge in [-0.25, -0.2) is 0 Å². The molecule has 0 saturated carbocycles. The first-order valence-corrected chi connectivity index (χ1v) is 6.51. The third kappa shape index (κ3) is 5.63. The largest absolute Gasteiger partial charge is 0.382 e. The second-order valence-corrected chi connectivity index (χ2v) is 4.70. The fraction of sp³-hybridized carbons (Fsp3) is 0.600. The van der Waals surface area contributed by atoms with Gasteiger partial charge in [0.05, 0.1) is 19.8 Å². The van der Waals surface area contributed by atoms with E-state index in [4.69, 9.17) is 9.47 Å². The average molecular weight is 251 g/mol. The topological polar surface area (TPSA) is 30.5 Å². The predicted molar refractivity (Wildman–Crippen MR) is 75.0 cm³/mol. The van der Waals surface area contributed by atoms with E-state index in [9.17, 15) is 0 Å². The van der Waals surface area contributed by atoms with Gasteiger partial charge >= 0.3 is 0 Å². The zero-order valence-electron chi connectivity index (χ0n) is 12.0. The summed E-state index contributed by atoms with van der Waals surface area (Å²) in [5, 5.41) is 3.46. The molecule has 0 aliphatic heterocycles. The van der Waals surface area contributed by atoms with Crippen LogP contribution in [0.5, 0.6) is 0 Å². The Balaban J connectivity index is 2.29. The number of hydrogen-bond acceptors (Lipinski definition) is 3. The number of aryl methyl sites for hydroxylation is 2. The molecule has 1 rings (SSSR count). The van der Waals surface area contributed by atoms with Gasteiger partial charge in [0.1, 0.15) is 0 Å². The Labute approximate surface area is 110 Å². The van der Waals surface area contributed by atoms with Crippen molar-refractivity contribution in [3.05, 3.63) is 34.9 Å². The molecular formula is C15H25NO2. The Hall–Kier alpha value is -0.900. The highest BCUT2D eigenvalue weighted by Gasteiger charge is 2.05. The first-order valence-electron chi connectivity index (χ1n) is 6.51. The van der Waals surface area contributed by atoms with Crippen molar-refractivity contribution >= 4 is 0 Å². The number of nitrogens with one attached hydrogen (secondary N) is 1. The Morgan fingerprint density at radius 3 is 2.33 bits per heavy atom.